The summed E-state index contributed by atoms with van der Waals surface area (Å²) < 4.78 is 5.96. The number of hydrogen-bond acceptors (Lipinski definition) is 9. The minimum absolute atomic E-state index is 0.0225. The van der Waals surface area contributed by atoms with Gasteiger partial charge in [-0.2, -0.15) is 4.98 Å². The molecule has 21 heavy (non-hydrogen) atoms. The minimum atomic E-state index is -0.454. The van der Waals surface area contributed by atoms with Crippen LogP contribution in [0.3, 0.4) is 0 Å². The molecule has 0 aliphatic heterocycles. The molecule has 2 aromatic heterocycles. The molecule has 0 atom stereocenters. The predicted octanol–water partition coefficient (Wildman–Crippen LogP) is 2.79. The summed E-state index contributed by atoms with van der Waals surface area (Å²) in [5.74, 6) is 1.36. The topological polar surface area (TPSA) is 108 Å². The van der Waals surface area contributed by atoms with E-state index in [1.165, 1.54) is 35.2 Å². The largest absolute Gasteiger partial charge is 0.338 e. The molecule has 0 aliphatic rings. The fourth-order valence-corrected chi connectivity index (χ4v) is 2.84. The van der Waals surface area contributed by atoms with Crippen LogP contribution in [0.25, 0.3) is 11.4 Å². The molecule has 3 rings (SSSR count). The van der Waals surface area contributed by atoms with Crippen LogP contribution in [0.2, 0.25) is 0 Å². The van der Waals surface area contributed by atoms with Crippen LogP contribution in [-0.4, -0.2) is 25.3 Å². The molecule has 8 nitrogen and oxygen atoms in total. The van der Waals surface area contributed by atoms with Gasteiger partial charge in [0.1, 0.15) is 5.51 Å². The van der Waals surface area contributed by atoms with Gasteiger partial charge in [-0.3, -0.25) is 10.1 Å². The van der Waals surface area contributed by atoms with Gasteiger partial charge < -0.3 is 4.52 Å². The summed E-state index contributed by atoms with van der Waals surface area (Å²) in [7, 11) is 0. The van der Waals surface area contributed by atoms with Crippen LogP contribution in [0, 0.1) is 10.1 Å². The molecule has 106 valence electrons. The second-order valence-electron chi connectivity index (χ2n) is 3.81. The average molecular weight is 321 g/mol. The normalized spacial score (nSPS) is 10.7. The van der Waals surface area contributed by atoms with Crippen molar-refractivity contribution < 1.29 is 9.45 Å². The monoisotopic (exact) mass is 321 g/mol. The van der Waals surface area contributed by atoms with Gasteiger partial charge in [0, 0.05) is 17.7 Å². The van der Waals surface area contributed by atoms with Crippen molar-refractivity contribution in [3.05, 3.63) is 45.8 Å². The second kappa shape index (κ2) is 5.97. The van der Waals surface area contributed by atoms with Crippen molar-refractivity contribution in [2.75, 3.05) is 0 Å². The third-order valence-electron chi connectivity index (χ3n) is 2.46. The van der Waals surface area contributed by atoms with Gasteiger partial charge in [0.15, 0.2) is 4.34 Å². The number of hydrogen-bond donors (Lipinski definition) is 0. The Morgan fingerprint density at radius 3 is 2.81 bits per heavy atom. The van der Waals surface area contributed by atoms with Gasteiger partial charge >= 0.3 is 0 Å². The highest BCUT2D eigenvalue weighted by atomic mass is 32.2. The standard InChI is InChI=1S/C11H7N5O3S2/c17-16(18)8-3-1-7(2-4-8)10-13-9(19-15-10)5-20-11-14-12-6-21-11/h1-4,6H,5H2. The molecule has 0 unspecified atom stereocenters. The summed E-state index contributed by atoms with van der Waals surface area (Å²) in [6, 6.07) is 5.98. The summed E-state index contributed by atoms with van der Waals surface area (Å²) in [5.41, 5.74) is 2.34. The Labute approximate surface area is 126 Å². The van der Waals surface area contributed by atoms with E-state index in [0.717, 1.165) is 4.34 Å². The summed E-state index contributed by atoms with van der Waals surface area (Å²) in [6.07, 6.45) is 0. The van der Waals surface area contributed by atoms with E-state index < -0.39 is 4.92 Å². The molecule has 0 fully saturated rings. The van der Waals surface area contributed by atoms with E-state index >= 15 is 0 Å². The Hall–Kier alpha value is -2.33. The molecular formula is C11H7N5O3S2. The SMILES string of the molecule is O=[N+]([O-])c1ccc(-c2noc(CSc3nncs3)n2)cc1. The highest BCUT2D eigenvalue weighted by Gasteiger charge is 2.11. The predicted molar refractivity (Wildman–Crippen MR) is 75.9 cm³/mol. The lowest BCUT2D eigenvalue weighted by atomic mass is 10.2. The molecule has 0 radical (unpaired) electrons. The van der Waals surface area contributed by atoms with Gasteiger partial charge in [-0.15, -0.1) is 10.2 Å². The molecule has 0 saturated heterocycles. The Kier molecular flexibility index (Phi) is 3.88. The minimum Gasteiger partial charge on any atom is -0.338 e. The summed E-state index contributed by atoms with van der Waals surface area (Å²) in [4.78, 5) is 14.4. The number of nitro benzene ring substituents is 1. The number of non-ortho nitro benzene ring substituents is 1. The van der Waals surface area contributed by atoms with E-state index in [4.69, 9.17) is 4.52 Å². The van der Waals surface area contributed by atoms with Crippen molar-refractivity contribution in [3.63, 3.8) is 0 Å². The van der Waals surface area contributed by atoms with E-state index in [1.54, 1.807) is 17.6 Å². The van der Waals surface area contributed by atoms with Crippen LogP contribution in [0.4, 0.5) is 5.69 Å². The molecule has 0 N–H and O–H groups in total. The zero-order valence-electron chi connectivity index (χ0n) is 10.4. The number of nitro groups is 1. The van der Waals surface area contributed by atoms with Crippen LogP contribution in [0.15, 0.2) is 38.6 Å². The highest BCUT2D eigenvalue weighted by Crippen LogP contribution is 2.25. The Bertz CT molecular complexity index is 742. The lowest BCUT2D eigenvalue weighted by Gasteiger charge is -1.93. The fraction of sp³-hybridized carbons (Fsp3) is 0.0909. The summed E-state index contributed by atoms with van der Waals surface area (Å²) in [5, 5.41) is 22.1. The van der Waals surface area contributed by atoms with Crippen LogP contribution < -0.4 is 0 Å². The third-order valence-corrected chi connectivity index (χ3v) is 4.31. The zero-order chi connectivity index (χ0) is 14.7. The van der Waals surface area contributed by atoms with Crippen molar-refractivity contribution >= 4 is 28.8 Å². The summed E-state index contributed by atoms with van der Waals surface area (Å²) in [6.45, 7) is 0. The molecule has 0 amide bonds. The van der Waals surface area contributed by atoms with Gasteiger partial charge in [0.2, 0.25) is 11.7 Å². The van der Waals surface area contributed by atoms with E-state index in [0.29, 0.717) is 23.0 Å². The first kappa shape index (κ1) is 13.6. The Morgan fingerprint density at radius 2 is 2.14 bits per heavy atom. The van der Waals surface area contributed by atoms with Crippen LogP contribution in [0.1, 0.15) is 5.89 Å². The van der Waals surface area contributed by atoms with E-state index in [9.17, 15) is 10.1 Å². The molecule has 0 bridgehead atoms. The van der Waals surface area contributed by atoms with Crippen molar-refractivity contribution in [2.24, 2.45) is 0 Å². The molecule has 0 aliphatic carbocycles. The first-order valence-corrected chi connectivity index (χ1v) is 7.55. The maximum absolute atomic E-state index is 10.6. The van der Waals surface area contributed by atoms with Gasteiger partial charge in [-0.05, 0) is 12.1 Å². The van der Waals surface area contributed by atoms with Crippen molar-refractivity contribution in [3.8, 4) is 11.4 Å². The van der Waals surface area contributed by atoms with Gasteiger partial charge in [-0.1, -0.05) is 28.3 Å². The molecule has 3 aromatic rings. The van der Waals surface area contributed by atoms with Crippen molar-refractivity contribution in [1.82, 2.24) is 20.3 Å². The highest BCUT2D eigenvalue weighted by molar-refractivity contribution is 8.00. The average Bonchev–Trinajstić information content (AvgIpc) is 3.17. The van der Waals surface area contributed by atoms with Crippen molar-refractivity contribution in [1.29, 1.82) is 0 Å². The van der Waals surface area contributed by atoms with Gasteiger partial charge in [0.25, 0.3) is 5.69 Å². The van der Waals surface area contributed by atoms with Gasteiger partial charge in [-0.25, -0.2) is 0 Å². The number of rotatable bonds is 5. The lowest BCUT2D eigenvalue weighted by Crippen LogP contribution is -1.88. The Morgan fingerprint density at radius 1 is 1.33 bits per heavy atom. The molecule has 0 saturated carbocycles. The van der Waals surface area contributed by atoms with Gasteiger partial charge in [0.05, 0.1) is 10.7 Å². The Balaban J connectivity index is 1.70. The second-order valence-corrected chi connectivity index (χ2v) is 5.86. The third kappa shape index (κ3) is 3.23. The first-order valence-electron chi connectivity index (χ1n) is 5.69. The molecule has 1 aromatic carbocycles. The number of nitrogens with zero attached hydrogens (tertiary/aromatic N) is 5. The van der Waals surface area contributed by atoms with E-state index in [1.807, 2.05) is 0 Å². The maximum atomic E-state index is 10.6. The molecule has 2 heterocycles. The smallest absolute Gasteiger partial charge is 0.269 e. The van der Waals surface area contributed by atoms with Crippen LogP contribution in [0.5, 0.6) is 0 Å². The molecular weight excluding hydrogens is 314 g/mol. The zero-order valence-corrected chi connectivity index (χ0v) is 12.0. The van der Waals surface area contributed by atoms with E-state index in [-0.39, 0.29) is 5.69 Å². The van der Waals surface area contributed by atoms with E-state index in [2.05, 4.69) is 20.3 Å². The quantitative estimate of drug-likeness (QED) is 0.401. The lowest BCUT2D eigenvalue weighted by molar-refractivity contribution is -0.384. The van der Waals surface area contributed by atoms with Crippen LogP contribution >= 0.6 is 23.1 Å². The maximum Gasteiger partial charge on any atom is 0.269 e. The number of thioether (sulfide) groups is 1. The first-order chi connectivity index (χ1) is 10.2. The number of benzene rings is 1. The molecule has 10 heteroatoms. The van der Waals surface area contributed by atoms with Crippen LogP contribution in [-0.2, 0) is 5.75 Å². The number of aromatic nitrogens is 4. The molecule has 0 spiro atoms. The summed E-state index contributed by atoms with van der Waals surface area (Å²) >= 11 is 2.89. The van der Waals surface area contributed by atoms with Crippen molar-refractivity contribution in [2.45, 2.75) is 10.1 Å². The fourth-order valence-electron chi connectivity index (χ4n) is 1.51.